The fourth-order valence-corrected chi connectivity index (χ4v) is 5.71. The van der Waals surface area contributed by atoms with E-state index in [1.54, 1.807) is 25.3 Å². The van der Waals surface area contributed by atoms with Crippen molar-refractivity contribution in [2.45, 2.75) is 33.2 Å². The zero-order chi connectivity index (χ0) is 27.0. The van der Waals surface area contributed by atoms with Gasteiger partial charge in [0.15, 0.2) is 5.13 Å². The second-order valence-corrected chi connectivity index (χ2v) is 10.2. The first kappa shape index (κ1) is 25.5. The number of Topliss-reactive ketones (excluding diaryl/α,β-unsaturated/α-hetero) is 1. The third-order valence-corrected chi connectivity index (χ3v) is 7.54. The molecule has 1 amide bonds. The molecule has 38 heavy (non-hydrogen) atoms. The van der Waals surface area contributed by atoms with Crippen molar-refractivity contribution in [2.24, 2.45) is 0 Å². The number of thiazole rings is 1. The molecule has 1 saturated heterocycles. The molecule has 7 nitrogen and oxygen atoms in total. The van der Waals surface area contributed by atoms with Crippen LogP contribution in [0.5, 0.6) is 11.5 Å². The molecule has 1 aliphatic rings. The van der Waals surface area contributed by atoms with E-state index in [-0.39, 0.29) is 11.3 Å². The number of aliphatic hydroxyl groups is 1. The maximum absolute atomic E-state index is 13.5. The Morgan fingerprint density at radius 1 is 1.05 bits per heavy atom. The van der Waals surface area contributed by atoms with E-state index in [0.29, 0.717) is 34.4 Å². The van der Waals surface area contributed by atoms with Gasteiger partial charge in [-0.3, -0.25) is 14.5 Å². The molecule has 0 radical (unpaired) electrons. The molecule has 194 valence electrons. The summed E-state index contributed by atoms with van der Waals surface area (Å²) < 4.78 is 12.0. The molecule has 8 heteroatoms. The van der Waals surface area contributed by atoms with Crippen molar-refractivity contribution in [1.82, 2.24) is 4.98 Å². The number of hydrogen-bond donors (Lipinski definition) is 1. The summed E-state index contributed by atoms with van der Waals surface area (Å²) in [5.41, 5.74) is 3.71. The summed E-state index contributed by atoms with van der Waals surface area (Å²) in [5, 5.41) is 11.8. The largest absolute Gasteiger partial charge is 0.507 e. The maximum atomic E-state index is 13.5. The molecule has 2 heterocycles. The first-order valence-corrected chi connectivity index (χ1v) is 13.2. The van der Waals surface area contributed by atoms with Crippen LogP contribution in [0, 0.1) is 13.8 Å². The molecule has 0 aliphatic carbocycles. The number of nitrogens with zero attached hydrogens (tertiary/aromatic N) is 2. The number of amides is 1. The smallest absolute Gasteiger partial charge is 0.301 e. The minimum atomic E-state index is -0.862. The molecule has 1 N–H and O–H groups in total. The standard InChI is InChI=1S/C30H28N2O5S/c1-5-14-37-21-10-7-19(8-11-21)26-25(27(33)20-9-13-23(36-4)18(3)16-20)28(34)29(35)32(26)30-31-22-12-6-17(2)15-24(22)38-30/h6-13,15-16,26,33H,5,14H2,1-4H3/t26-/m0/s1. The number of benzene rings is 3. The van der Waals surface area contributed by atoms with Gasteiger partial charge in [0, 0.05) is 5.56 Å². The van der Waals surface area contributed by atoms with E-state index in [1.807, 2.05) is 63.2 Å². The van der Waals surface area contributed by atoms with Crippen molar-refractivity contribution in [2.75, 3.05) is 18.6 Å². The zero-order valence-corrected chi connectivity index (χ0v) is 22.5. The van der Waals surface area contributed by atoms with Gasteiger partial charge in [-0.05, 0) is 79.4 Å². The number of hydrogen-bond acceptors (Lipinski definition) is 7. The second kappa shape index (κ2) is 10.3. The van der Waals surface area contributed by atoms with Gasteiger partial charge in [-0.15, -0.1) is 0 Å². The van der Waals surface area contributed by atoms with Crippen LogP contribution in [0.15, 0.2) is 66.2 Å². The Morgan fingerprint density at radius 2 is 1.82 bits per heavy atom. The van der Waals surface area contributed by atoms with Gasteiger partial charge in [0.2, 0.25) is 0 Å². The van der Waals surface area contributed by atoms with Crippen LogP contribution in [0.3, 0.4) is 0 Å². The fourth-order valence-electron chi connectivity index (χ4n) is 4.62. The number of aliphatic hydroxyl groups excluding tert-OH is 1. The molecular formula is C30H28N2O5S. The highest BCUT2D eigenvalue weighted by Gasteiger charge is 2.48. The lowest BCUT2D eigenvalue weighted by Crippen LogP contribution is -2.29. The van der Waals surface area contributed by atoms with Crippen molar-refractivity contribution in [3.63, 3.8) is 0 Å². The zero-order valence-electron chi connectivity index (χ0n) is 21.6. The lowest BCUT2D eigenvalue weighted by atomic mass is 9.95. The van der Waals surface area contributed by atoms with Gasteiger partial charge >= 0.3 is 5.91 Å². The molecule has 1 aromatic heterocycles. The van der Waals surface area contributed by atoms with Crippen LogP contribution in [-0.4, -0.2) is 35.5 Å². The number of aromatic nitrogens is 1. The highest BCUT2D eigenvalue weighted by molar-refractivity contribution is 7.22. The SMILES string of the molecule is CCCOc1ccc([C@H]2C(=C(O)c3ccc(OC)c(C)c3)C(=O)C(=O)N2c2nc3ccc(C)cc3s2)cc1. The van der Waals surface area contributed by atoms with Crippen LogP contribution >= 0.6 is 11.3 Å². The van der Waals surface area contributed by atoms with Gasteiger partial charge in [0.25, 0.3) is 5.78 Å². The molecule has 3 aromatic carbocycles. The Kier molecular flexibility index (Phi) is 6.91. The van der Waals surface area contributed by atoms with Crippen molar-refractivity contribution >= 4 is 44.1 Å². The number of methoxy groups -OCH3 is 1. The topological polar surface area (TPSA) is 89.0 Å². The number of ether oxygens (including phenoxy) is 2. The average Bonchev–Trinajstić information content (AvgIpc) is 3.44. The van der Waals surface area contributed by atoms with Crippen LogP contribution in [0.2, 0.25) is 0 Å². The van der Waals surface area contributed by atoms with Crippen molar-refractivity contribution in [3.05, 3.63) is 88.5 Å². The normalized spacial score (nSPS) is 16.8. The molecule has 0 spiro atoms. The summed E-state index contributed by atoms with van der Waals surface area (Å²) in [6.07, 6.45) is 0.875. The molecule has 0 saturated carbocycles. The highest BCUT2D eigenvalue weighted by Crippen LogP contribution is 2.44. The number of aryl methyl sites for hydroxylation is 2. The molecular weight excluding hydrogens is 500 g/mol. The Labute approximate surface area is 225 Å². The van der Waals surface area contributed by atoms with Crippen LogP contribution in [-0.2, 0) is 9.59 Å². The Morgan fingerprint density at radius 3 is 2.50 bits per heavy atom. The summed E-state index contributed by atoms with van der Waals surface area (Å²) in [5.74, 6) is -0.392. The number of fused-ring (bicyclic) bond motifs is 1. The fraction of sp³-hybridized carbons (Fsp3) is 0.233. The van der Waals surface area contributed by atoms with Crippen LogP contribution in [0.4, 0.5) is 5.13 Å². The molecule has 1 fully saturated rings. The van der Waals surface area contributed by atoms with E-state index in [0.717, 1.165) is 27.8 Å². The van der Waals surface area contributed by atoms with Crippen molar-refractivity contribution in [1.29, 1.82) is 0 Å². The summed E-state index contributed by atoms with van der Waals surface area (Å²) >= 11 is 1.34. The molecule has 1 aliphatic heterocycles. The predicted octanol–water partition coefficient (Wildman–Crippen LogP) is 6.34. The van der Waals surface area contributed by atoms with E-state index in [1.165, 1.54) is 16.2 Å². The summed E-state index contributed by atoms with van der Waals surface area (Å²) in [6.45, 7) is 6.45. The van der Waals surface area contributed by atoms with Gasteiger partial charge in [-0.1, -0.05) is 36.5 Å². The highest BCUT2D eigenvalue weighted by atomic mass is 32.1. The van der Waals surface area contributed by atoms with Crippen LogP contribution in [0.25, 0.3) is 16.0 Å². The number of ketones is 1. The van der Waals surface area contributed by atoms with Crippen molar-refractivity contribution in [3.8, 4) is 11.5 Å². The molecule has 0 unspecified atom stereocenters. The van der Waals surface area contributed by atoms with E-state index >= 15 is 0 Å². The quantitative estimate of drug-likeness (QED) is 0.171. The summed E-state index contributed by atoms with van der Waals surface area (Å²) in [4.78, 5) is 33.1. The number of rotatable bonds is 7. The Bertz CT molecular complexity index is 1570. The summed E-state index contributed by atoms with van der Waals surface area (Å²) in [6, 6.07) is 17.4. The third kappa shape index (κ3) is 4.52. The van der Waals surface area contributed by atoms with Gasteiger partial charge in [0.05, 0.1) is 35.5 Å². The molecule has 4 aromatic rings. The van der Waals surface area contributed by atoms with Gasteiger partial charge in [0.1, 0.15) is 17.3 Å². The van der Waals surface area contributed by atoms with Crippen LogP contribution in [0.1, 0.15) is 41.6 Å². The number of carbonyl (C=O) groups excluding carboxylic acids is 2. The third-order valence-electron chi connectivity index (χ3n) is 6.52. The lowest BCUT2D eigenvalue weighted by molar-refractivity contribution is -0.132. The Balaban J connectivity index is 1.67. The maximum Gasteiger partial charge on any atom is 0.301 e. The van der Waals surface area contributed by atoms with E-state index < -0.39 is 17.7 Å². The second-order valence-electron chi connectivity index (χ2n) is 9.24. The average molecular weight is 529 g/mol. The lowest BCUT2D eigenvalue weighted by Gasteiger charge is -2.23. The number of carbonyl (C=O) groups is 2. The van der Waals surface area contributed by atoms with Gasteiger partial charge in [-0.2, -0.15) is 0 Å². The summed E-state index contributed by atoms with van der Waals surface area (Å²) in [7, 11) is 1.57. The molecule has 5 rings (SSSR count). The minimum absolute atomic E-state index is 0.0113. The van der Waals surface area contributed by atoms with E-state index in [9.17, 15) is 14.7 Å². The van der Waals surface area contributed by atoms with Gasteiger partial charge < -0.3 is 14.6 Å². The van der Waals surface area contributed by atoms with Gasteiger partial charge in [-0.25, -0.2) is 4.98 Å². The minimum Gasteiger partial charge on any atom is -0.507 e. The first-order chi connectivity index (χ1) is 18.3. The molecule has 1 atom stereocenters. The monoisotopic (exact) mass is 528 g/mol. The predicted molar refractivity (Wildman–Crippen MR) is 149 cm³/mol. The Hall–Kier alpha value is -4.17. The molecule has 0 bridgehead atoms. The number of anilines is 1. The van der Waals surface area contributed by atoms with Crippen LogP contribution < -0.4 is 14.4 Å². The first-order valence-electron chi connectivity index (χ1n) is 12.4. The van der Waals surface area contributed by atoms with Crippen molar-refractivity contribution < 1.29 is 24.2 Å². The van der Waals surface area contributed by atoms with E-state index in [2.05, 4.69) is 4.98 Å². The van der Waals surface area contributed by atoms with E-state index in [4.69, 9.17) is 9.47 Å².